The largest absolute Gasteiger partial charge is 2.00 e. The molecule has 0 N–H and O–H groups in total. The third-order valence-electron chi connectivity index (χ3n) is 9.62. The van der Waals surface area contributed by atoms with Gasteiger partial charge in [-0.1, -0.05) is 96.9 Å². The van der Waals surface area contributed by atoms with Crippen LogP contribution in [0.25, 0.3) is 0 Å². The molecule has 4 unspecified atom stereocenters. The van der Waals surface area contributed by atoms with E-state index in [-0.39, 0.29) is 31.9 Å². The van der Waals surface area contributed by atoms with Gasteiger partial charge in [-0.3, -0.25) is 0 Å². The van der Waals surface area contributed by atoms with Crippen molar-refractivity contribution in [3.8, 4) is 0 Å². The van der Waals surface area contributed by atoms with Gasteiger partial charge in [0.25, 0.3) is 0 Å². The number of hydrogen-bond donors (Lipinski definition) is 0. The molecule has 0 radical (unpaired) electrons. The van der Waals surface area contributed by atoms with Gasteiger partial charge in [0.1, 0.15) is 0 Å². The van der Waals surface area contributed by atoms with Crippen LogP contribution in [0, 0.1) is 38.5 Å². The van der Waals surface area contributed by atoms with E-state index < -0.39 is 0 Å². The molecule has 35 heavy (non-hydrogen) atoms. The van der Waals surface area contributed by atoms with E-state index in [2.05, 4.69) is 55.4 Å². The Morgan fingerprint density at radius 2 is 0.600 bits per heavy atom. The first kappa shape index (κ1) is 36.4. The smallest absolute Gasteiger partial charge is 0.358 e. The molecule has 0 aromatic heterocycles. The van der Waals surface area contributed by atoms with E-state index in [1.165, 1.54) is 25.7 Å². The average molecular weight is 567 g/mol. The van der Waals surface area contributed by atoms with Gasteiger partial charge < -0.3 is 14.9 Å². The summed E-state index contributed by atoms with van der Waals surface area (Å²) in [6, 6.07) is 0. The first-order valence-corrected chi connectivity index (χ1v) is 17.9. The van der Waals surface area contributed by atoms with Crippen LogP contribution in [0.1, 0.15) is 132 Å². The van der Waals surface area contributed by atoms with Crippen molar-refractivity contribution in [2.75, 3.05) is 0 Å². The molecule has 0 bridgehead atoms. The Labute approximate surface area is 237 Å². The van der Waals surface area contributed by atoms with Crippen LogP contribution in [-0.4, -0.2) is 34.0 Å². The Morgan fingerprint density at radius 1 is 0.400 bits per heavy atom. The summed E-state index contributed by atoms with van der Waals surface area (Å²) in [7, 11) is 0.696. The van der Waals surface area contributed by atoms with E-state index in [1.807, 2.05) is 0 Å². The van der Waals surface area contributed by atoms with Crippen LogP contribution in [0.2, 0.25) is 0 Å². The molecule has 4 fully saturated rings. The fraction of sp³-hybridized carbons (Fsp3) is 0.938. The predicted octanol–water partition coefficient (Wildman–Crippen LogP) is 11.4. The van der Waals surface area contributed by atoms with Crippen LogP contribution >= 0.6 is 15.8 Å². The minimum Gasteiger partial charge on any atom is -0.358 e. The van der Waals surface area contributed by atoms with Gasteiger partial charge >= 0.3 is 17.1 Å². The fourth-order valence-corrected chi connectivity index (χ4v) is 17.6. The zero-order valence-corrected chi connectivity index (χ0v) is 28.4. The van der Waals surface area contributed by atoms with Crippen LogP contribution in [0.4, 0.5) is 0 Å². The molecular weight excluding hydrogens is 502 g/mol. The third kappa shape index (κ3) is 9.22. The van der Waals surface area contributed by atoms with E-state index >= 15 is 0 Å². The molecule has 0 amide bonds. The van der Waals surface area contributed by atoms with E-state index in [4.69, 9.17) is 0 Å². The second-order valence-electron chi connectivity index (χ2n) is 13.2. The van der Waals surface area contributed by atoms with Crippen LogP contribution in [0.5, 0.6) is 0 Å². The minimum absolute atomic E-state index is 0. The molecule has 0 aromatic rings. The van der Waals surface area contributed by atoms with Gasteiger partial charge in [-0.2, -0.15) is 0 Å². The zero-order chi connectivity index (χ0) is 23.4. The minimum atomic E-state index is 0. The molecule has 0 aromatic carbocycles. The average Bonchev–Trinajstić information content (AvgIpc) is 3.54. The topological polar surface area (TPSA) is 0 Å². The van der Waals surface area contributed by atoms with E-state index in [9.17, 15) is 0 Å². The maximum Gasteiger partial charge on any atom is 2.00 e. The monoisotopic (exact) mass is 566 g/mol. The Hall–Kier alpha value is 1.38. The molecule has 0 nitrogen and oxygen atoms in total. The standard InChI is InChI=1S/2C15H29P.2CH3.Fe/c2*1-11(2)14-9-10-15(12(3)4)16(14)13-7-5-6-8-13;;;/h2*11-15H,5-10H2,1-4H3;2*1H3;/q;;2*-1;+2/t14-,15?,16?;;;;/m0..../s1. The Bertz CT molecular complexity index is 454. The van der Waals surface area contributed by atoms with Gasteiger partial charge in [0, 0.05) is 0 Å². The molecule has 4 aliphatic rings. The van der Waals surface area contributed by atoms with Gasteiger partial charge in [0.15, 0.2) is 0 Å². The third-order valence-corrected chi connectivity index (χ3v) is 18.8. The normalized spacial score (nSPS) is 33.6. The molecule has 0 spiro atoms. The molecule has 2 aliphatic carbocycles. The van der Waals surface area contributed by atoms with Crippen molar-refractivity contribution in [1.29, 1.82) is 0 Å². The quantitative estimate of drug-likeness (QED) is 0.170. The maximum atomic E-state index is 2.47. The van der Waals surface area contributed by atoms with E-state index in [0.717, 1.165) is 57.6 Å². The van der Waals surface area contributed by atoms with Crippen molar-refractivity contribution in [2.24, 2.45) is 23.7 Å². The van der Waals surface area contributed by atoms with Crippen molar-refractivity contribution in [3.05, 3.63) is 14.9 Å². The second kappa shape index (κ2) is 17.1. The molecule has 5 atom stereocenters. The van der Waals surface area contributed by atoms with Gasteiger partial charge in [0.05, 0.1) is 0 Å². The fourth-order valence-electron chi connectivity index (χ4n) is 7.97. The van der Waals surface area contributed by atoms with Crippen molar-refractivity contribution < 1.29 is 17.1 Å². The van der Waals surface area contributed by atoms with Crippen molar-refractivity contribution in [2.45, 2.75) is 166 Å². The zero-order valence-electron chi connectivity index (χ0n) is 25.5. The molecule has 4 rings (SSSR count). The summed E-state index contributed by atoms with van der Waals surface area (Å²) in [4.78, 5) is 0. The summed E-state index contributed by atoms with van der Waals surface area (Å²) in [6.07, 6.45) is 18.6. The summed E-state index contributed by atoms with van der Waals surface area (Å²) < 4.78 is 0. The van der Waals surface area contributed by atoms with Gasteiger partial charge in [-0.15, -0.1) is 0 Å². The molecular formula is C32H64FeP2. The van der Waals surface area contributed by atoms with Crippen LogP contribution in [-0.2, 0) is 17.1 Å². The van der Waals surface area contributed by atoms with Gasteiger partial charge in [-0.25, -0.2) is 0 Å². The molecule has 3 heteroatoms. The summed E-state index contributed by atoms with van der Waals surface area (Å²) >= 11 is 0. The number of rotatable bonds is 6. The maximum absolute atomic E-state index is 2.47. The van der Waals surface area contributed by atoms with Gasteiger partial charge in [0.2, 0.25) is 0 Å². The Morgan fingerprint density at radius 3 is 0.771 bits per heavy atom. The molecule has 210 valence electrons. The van der Waals surface area contributed by atoms with E-state index in [0.29, 0.717) is 15.8 Å². The van der Waals surface area contributed by atoms with Crippen molar-refractivity contribution in [3.63, 3.8) is 0 Å². The molecule has 2 saturated heterocycles. The molecule has 2 heterocycles. The van der Waals surface area contributed by atoms with Gasteiger partial charge in [-0.05, 0) is 109 Å². The van der Waals surface area contributed by atoms with E-state index in [1.54, 1.807) is 51.4 Å². The van der Waals surface area contributed by atoms with Crippen LogP contribution < -0.4 is 0 Å². The summed E-state index contributed by atoms with van der Waals surface area (Å²) in [5, 5.41) is 0. The predicted molar refractivity (Wildman–Crippen MR) is 164 cm³/mol. The van der Waals surface area contributed by atoms with Crippen LogP contribution in [0.3, 0.4) is 0 Å². The Balaban J connectivity index is 0.000000608. The first-order valence-electron chi connectivity index (χ1n) is 14.8. The molecule has 2 aliphatic heterocycles. The summed E-state index contributed by atoms with van der Waals surface area (Å²) in [5.41, 5.74) is 6.71. The second-order valence-corrected chi connectivity index (χ2v) is 19.1. The SMILES string of the molecule is CC(C)C1CCC(C(C)C)P1C1CCCC1.CC(C)C1CC[C@@H](C(C)C)P1C1CCCC1.[CH3-].[CH3-].[Fe+2]. The summed E-state index contributed by atoms with van der Waals surface area (Å²) in [5.74, 6) is 3.76. The summed E-state index contributed by atoms with van der Waals surface area (Å²) in [6.45, 7) is 19.8. The molecule has 2 saturated carbocycles. The number of hydrogen-bond acceptors (Lipinski definition) is 0. The van der Waals surface area contributed by atoms with Crippen molar-refractivity contribution >= 4 is 15.8 Å². The van der Waals surface area contributed by atoms with Crippen molar-refractivity contribution in [1.82, 2.24) is 0 Å². The van der Waals surface area contributed by atoms with Crippen LogP contribution in [0.15, 0.2) is 0 Å². The first-order chi connectivity index (χ1) is 15.2. The Kier molecular flexibility index (Phi) is 17.8.